The molecule has 1 aromatic carbocycles. The van der Waals surface area contributed by atoms with E-state index in [0.717, 1.165) is 24.6 Å². The Morgan fingerprint density at radius 1 is 1.33 bits per heavy atom. The molecule has 0 saturated carbocycles. The van der Waals surface area contributed by atoms with Crippen molar-refractivity contribution in [1.82, 2.24) is 5.32 Å². The third kappa shape index (κ3) is 3.05. The highest BCUT2D eigenvalue weighted by Crippen LogP contribution is 2.33. The molecule has 1 N–H and O–H groups in total. The highest BCUT2D eigenvalue weighted by Gasteiger charge is 2.34. The zero-order valence-corrected chi connectivity index (χ0v) is 11.8. The second-order valence-corrected chi connectivity index (χ2v) is 5.90. The van der Waals surface area contributed by atoms with Crippen molar-refractivity contribution in [3.63, 3.8) is 0 Å². The van der Waals surface area contributed by atoms with Crippen LogP contribution in [0.25, 0.3) is 0 Å². The SMILES string of the molecule is COc1ccccc1CC1(CC(C)C)CCCN1. The fourth-order valence-electron chi connectivity index (χ4n) is 3.26. The normalized spacial score (nSPS) is 23.6. The predicted octanol–water partition coefficient (Wildman–Crippen LogP) is 3.41. The Bertz CT molecular complexity index is 380. The first-order chi connectivity index (χ1) is 8.65. The van der Waals surface area contributed by atoms with Crippen molar-refractivity contribution >= 4 is 0 Å². The van der Waals surface area contributed by atoms with E-state index in [1.807, 2.05) is 6.07 Å². The van der Waals surface area contributed by atoms with E-state index in [1.165, 1.54) is 24.8 Å². The quantitative estimate of drug-likeness (QED) is 0.861. The van der Waals surface area contributed by atoms with E-state index in [-0.39, 0.29) is 5.54 Å². The molecule has 0 aliphatic carbocycles. The van der Waals surface area contributed by atoms with Gasteiger partial charge < -0.3 is 10.1 Å². The molecule has 2 nitrogen and oxygen atoms in total. The van der Waals surface area contributed by atoms with Gasteiger partial charge in [-0.2, -0.15) is 0 Å². The Morgan fingerprint density at radius 2 is 2.11 bits per heavy atom. The van der Waals surface area contributed by atoms with E-state index in [0.29, 0.717) is 0 Å². The Balaban J connectivity index is 2.18. The summed E-state index contributed by atoms with van der Waals surface area (Å²) in [4.78, 5) is 0. The zero-order chi connectivity index (χ0) is 13.0. The summed E-state index contributed by atoms with van der Waals surface area (Å²) in [7, 11) is 1.76. The molecule has 1 aromatic rings. The van der Waals surface area contributed by atoms with Gasteiger partial charge in [0.05, 0.1) is 7.11 Å². The summed E-state index contributed by atoms with van der Waals surface area (Å²) in [5.74, 6) is 1.75. The molecule has 2 heteroatoms. The van der Waals surface area contributed by atoms with Gasteiger partial charge in [0.15, 0.2) is 0 Å². The number of methoxy groups -OCH3 is 1. The molecule has 0 amide bonds. The molecular weight excluding hydrogens is 222 g/mol. The number of hydrogen-bond acceptors (Lipinski definition) is 2. The number of para-hydroxylation sites is 1. The van der Waals surface area contributed by atoms with Gasteiger partial charge in [0.25, 0.3) is 0 Å². The van der Waals surface area contributed by atoms with Crippen molar-refractivity contribution in [2.45, 2.75) is 45.1 Å². The van der Waals surface area contributed by atoms with Gasteiger partial charge in [0.2, 0.25) is 0 Å². The highest BCUT2D eigenvalue weighted by molar-refractivity contribution is 5.35. The van der Waals surface area contributed by atoms with Gasteiger partial charge in [-0.3, -0.25) is 0 Å². The molecule has 1 atom stereocenters. The number of hydrogen-bond donors (Lipinski definition) is 1. The smallest absolute Gasteiger partial charge is 0.122 e. The largest absolute Gasteiger partial charge is 0.496 e. The van der Waals surface area contributed by atoms with Crippen LogP contribution in [0, 0.1) is 5.92 Å². The van der Waals surface area contributed by atoms with Gasteiger partial charge in [0.1, 0.15) is 5.75 Å². The third-order valence-electron chi connectivity index (χ3n) is 3.85. The summed E-state index contributed by atoms with van der Waals surface area (Å²) in [5, 5.41) is 3.75. The Kier molecular flexibility index (Phi) is 4.28. The highest BCUT2D eigenvalue weighted by atomic mass is 16.5. The van der Waals surface area contributed by atoms with Gasteiger partial charge in [-0.1, -0.05) is 32.0 Å². The van der Waals surface area contributed by atoms with Crippen LogP contribution < -0.4 is 10.1 Å². The van der Waals surface area contributed by atoms with Crippen LogP contribution in [-0.2, 0) is 6.42 Å². The maximum Gasteiger partial charge on any atom is 0.122 e. The Labute approximate surface area is 111 Å². The maximum absolute atomic E-state index is 5.48. The molecule has 1 saturated heterocycles. The first-order valence-corrected chi connectivity index (χ1v) is 7.02. The first kappa shape index (κ1) is 13.4. The van der Waals surface area contributed by atoms with Gasteiger partial charge in [-0.05, 0) is 49.8 Å². The average Bonchev–Trinajstić information content (AvgIpc) is 2.77. The lowest BCUT2D eigenvalue weighted by Gasteiger charge is -2.32. The van der Waals surface area contributed by atoms with Gasteiger partial charge in [-0.25, -0.2) is 0 Å². The van der Waals surface area contributed by atoms with Crippen LogP contribution in [0.2, 0.25) is 0 Å². The fourth-order valence-corrected chi connectivity index (χ4v) is 3.26. The molecule has 0 radical (unpaired) electrons. The predicted molar refractivity (Wildman–Crippen MR) is 76.1 cm³/mol. The minimum Gasteiger partial charge on any atom is -0.496 e. The molecule has 1 aliphatic rings. The van der Waals surface area contributed by atoms with Crippen molar-refractivity contribution in [2.24, 2.45) is 5.92 Å². The summed E-state index contributed by atoms with van der Waals surface area (Å²) in [6.07, 6.45) is 4.89. The monoisotopic (exact) mass is 247 g/mol. The van der Waals surface area contributed by atoms with Crippen LogP contribution in [-0.4, -0.2) is 19.2 Å². The van der Waals surface area contributed by atoms with Gasteiger partial charge in [0, 0.05) is 5.54 Å². The summed E-state index contributed by atoms with van der Waals surface area (Å²) in [5.41, 5.74) is 1.61. The van der Waals surface area contributed by atoms with Gasteiger partial charge in [-0.15, -0.1) is 0 Å². The van der Waals surface area contributed by atoms with E-state index in [9.17, 15) is 0 Å². The summed E-state index contributed by atoms with van der Waals surface area (Å²) < 4.78 is 5.48. The standard InChI is InChI=1S/C16H25NO/c1-13(2)11-16(9-6-10-17-16)12-14-7-4-5-8-15(14)18-3/h4-5,7-8,13,17H,6,9-12H2,1-3H3. The van der Waals surface area contributed by atoms with Crippen molar-refractivity contribution in [3.05, 3.63) is 29.8 Å². The second kappa shape index (κ2) is 5.75. The molecule has 0 spiro atoms. The fraction of sp³-hybridized carbons (Fsp3) is 0.625. The van der Waals surface area contributed by atoms with Crippen molar-refractivity contribution in [3.8, 4) is 5.75 Å². The summed E-state index contributed by atoms with van der Waals surface area (Å²) >= 11 is 0. The van der Waals surface area contributed by atoms with Crippen LogP contribution in [0.5, 0.6) is 5.75 Å². The van der Waals surface area contributed by atoms with Crippen LogP contribution in [0.3, 0.4) is 0 Å². The number of benzene rings is 1. The summed E-state index contributed by atoms with van der Waals surface area (Å²) in [6.45, 7) is 5.77. The molecule has 1 unspecified atom stereocenters. The van der Waals surface area contributed by atoms with E-state index in [4.69, 9.17) is 4.74 Å². The number of nitrogens with one attached hydrogen (secondary N) is 1. The molecule has 18 heavy (non-hydrogen) atoms. The Morgan fingerprint density at radius 3 is 2.72 bits per heavy atom. The number of ether oxygens (including phenoxy) is 1. The van der Waals surface area contributed by atoms with E-state index < -0.39 is 0 Å². The molecular formula is C16H25NO. The lowest BCUT2D eigenvalue weighted by Crippen LogP contribution is -2.43. The van der Waals surface area contributed by atoms with E-state index in [2.05, 4.69) is 37.4 Å². The minimum atomic E-state index is 0.281. The second-order valence-electron chi connectivity index (χ2n) is 5.90. The molecule has 0 bridgehead atoms. The lowest BCUT2D eigenvalue weighted by molar-refractivity contribution is 0.297. The van der Waals surface area contributed by atoms with Gasteiger partial charge >= 0.3 is 0 Å². The molecule has 0 aromatic heterocycles. The molecule has 1 heterocycles. The molecule has 1 fully saturated rings. The Hall–Kier alpha value is -1.02. The molecule has 2 rings (SSSR count). The first-order valence-electron chi connectivity index (χ1n) is 7.02. The maximum atomic E-state index is 5.48. The lowest BCUT2D eigenvalue weighted by atomic mass is 9.82. The van der Waals surface area contributed by atoms with E-state index in [1.54, 1.807) is 7.11 Å². The minimum absolute atomic E-state index is 0.281. The van der Waals surface area contributed by atoms with Crippen molar-refractivity contribution in [1.29, 1.82) is 0 Å². The molecule has 100 valence electrons. The van der Waals surface area contributed by atoms with Crippen molar-refractivity contribution < 1.29 is 4.74 Å². The topological polar surface area (TPSA) is 21.3 Å². The van der Waals surface area contributed by atoms with Crippen molar-refractivity contribution in [2.75, 3.05) is 13.7 Å². The third-order valence-corrected chi connectivity index (χ3v) is 3.85. The van der Waals surface area contributed by atoms with Crippen LogP contribution in [0.4, 0.5) is 0 Å². The molecule has 1 aliphatic heterocycles. The number of rotatable bonds is 5. The van der Waals surface area contributed by atoms with Crippen LogP contribution in [0.1, 0.15) is 38.7 Å². The van der Waals surface area contributed by atoms with E-state index >= 15 is 0 Å². The summed E-state index contributed by atoms with van der Waals surface area (Å²) in [6, 6.07) is 8.41. The van der Waals surface area contributed by atoms with Crippen LogP contribution in [0.15, 0.2) is 24.3 Å². The average molecular weight is 247 g/mol. The zero-order valence-electron chi connectivity index (χ0n) is 11.8. The van der Waals surface area contributed by atoms with Crippen LogP contribution >= 0.6 is 0 Å².